The highest BCUT2D eigenvalue weighted by Crippen LogP contribution is 2.34. The molecule has 31 heavy (non-hydrogen) atoms. The van der Waals surface area contributed by atoms with Gasteiger partial charge in [-0.1, -0.05) is 44.0 Å². The van der Waals surface area contributed by atoms with Gasteiger partial charge in [0.2, 0.25) is 0 Å². The number of esters is 1. The number of benzene rings is 1. The molecular formula is C25H38ClNO4. The van der Waals surface area contributed by atoms with Crippen molar-refractivity contribution < 1.29 is 19.1 Å². The summed E-state index contributed by atoms with van der Waals surface area (Å²) in [6, 6.07) is 7.31. The molecule has 4 atom stereocenters. The molecule has 0 saturated carbocycles. The van der Waals surface area contributed by atoms with E-state index in [9.17, 15) is 9.59 Å². The molecule has 174 valence electrons. The maximum Gasteiger partial charge on any atom is 0.408 e. The zero-order chi connectivity index (χ0) is 23.2. The summed E-state index contributed by atoms with van der Waals surface area (Å²) in [7, 11) is 0. The van der Waals surface area contributed by atoms with Crippen LogP contribution < -0.4 is 5.32 Å². The molecule has 1 N–H and O–H groups in total. The first kappa shape index (κ1) is 25.5. The van der Waals surface area contributed by atoms with Crippen LogP contribution in [0.25, 0.3) is 0 Å². The Balaban J connectivity index is 2.17. The number of hydrogen-bond acceptors (Lipinski definition) is 4. The first-order valence-corrected chi connectivity index (χ1v) is 11.8. The van der Waals surface area contributed by atoms with Crippen LogP contribution in [0.1, 0.15) is 72.8 Å². The topological polar surface area (TPSA) is 64.6 Å². The van der Waals surface area contributed by atoms with Gasteiger partial charge in [0.25, 0.3) is 0 Å². The second-order valence-corrected chi connectivity index (χ2v) is 10.6. The van der Waals surface area contributed by atoms with Crippen LogP contribution in [0.2, 0.25) is 5.02 Å². The predicted molar refractivity (Wildman–Crippen MR) is 124 cm³/mol. The van der Waals surface area contributed by atoms with Crippen molar-refractivity contribution >= 4 is 23.7 Å². The van der Waals surface area contributed by atoms with E-state index in [0.717, 1.165) is 30.7 Å². The number of nitrogens with one attached hydrogen (secondary N) is 1. The lowest BCUT2D eigenvalue weighted by molar-refractivity contribution is -0.154. The van der Waals surface area contributed by atoms with Gasteiger partial charge in [-0.05, 0) is 88.8 Å². The van der Waals surface area contributed by atoms with E-state index < -0.39 is 17.7 Å². The van der Waals surface area contributed by atoms with Crippen LogP contribution in [0.5, 0.6) is 0 Å². The van der Waals surface area contributed by atoms with Crippen LogP contribution in [-0.4, -0.2) is 29.8 Å². The summed E-state index contributed by atoms with van der Waals surface area (Å²) in [6.45, 7) is 11.8. The van der Waals surface area contributed by atoms with Crippen LogP contribution in [0.15, 0.2) is 24.3 Å². The molecule has 0 aromatic heterocycles. The lowest BCUT2D eigenvalue weighted by atomic mass is 9.76. The number of ether oxygens (including phenoxy) is 2. The van der Waals surface area contributed by atoms with Crippen LogP contribution in [0, 0.1) is 17.8 Å². The molecular weight excluding hydrogens is 414 g/mol. The van der Waals surface area contributed by atoms with E-state index >= 15 is 0 Å². The average Bonchev–Trinajstić information content (AvgIpc) is 2.68. The van der Waals surface area contributed by atoms with E-state index in [1.54, 1.807) is 20.8 Å². The molecule has 1 heterocycles. The summed E-state index contributed by atoms with van der Waals surface area (Å²) in [5.74, 6) is 0.751. The van der Waals surface area contributed by atoms with Crippen molar-refractivity contribution in [3.8, 4) is 0 Å². The van der Waals surface area contributed by atoms with Crippen molar-refractivity contribution in [3.05, 3.63) is 34.9 Å². The number of rotatable bonds is 5. The first-order chi connectivity index (χ1) is 14.4. The molecule has 1 aliphatic heterocycles. The van der Waals surface area contributed by atoms with E-state index in [1.807, 2.05) is 19.1 Å². The van der Waals surface area contributed by atoms with Crippen molar-refractivity contribution in [2.24, 2.45) is 17.8 Å². The highest BCUT2D eigenvalue weighted by molar-refractivity contribution is 6.30. The molecule has 5 nitrogen and oxygen atoms in total. The quantitative estimate of drug-likeness (QED) is 0.543. The number of cyclic esters (lactones) is 1. The fourth-order valence-corrected chi connectivity index (χ4v) is 4.46. The van der Waals surface area contributed by atoms with E-state index in [4.69, 9.17) is 21.1 Å². The standard InChI is InChI=1S/C25H38ClNO4/c1-16(2)14-21-17(3)30-23(28)22(27-24(29)31-25(4,5)6)9-7-8-19(21)15-18-10-12-20(26)13-11-18/h10-13,16-17,19,21-22H,7-9,14-15H2,1-6H3,(H,27,29). The van der Waals surface area contributed by atoms with Gasteiger partial charge in [0.1, 0.15) is 17.7 Å². The van der Waals surface area contributed by atoms with E-state index in [0.29, 0.717) is 18.3 Å². The Hall–Kier alpha value is -1.75. The van der Waals surface area contributed by atoms with Crippen molar-refractivity contribution in [1.82, 2.24) is 5.32 Å². The Bertz CT molecular complexity index is 726. The Morgan fingerprint density at radius 3 is 2.45 bits per heavy atom. The molecule has 1 fully saturated rings. The lowest BCUT2D eigenvalue weighted by Gasteiger charge is -2.32. The average molecular weight is 452 g/mol. The SMILES string of the molecule is CC(C)CC1C(Cc2ccc(Cl)cc2)CCCC(NC(=O)OC(C)(C)C)C(=O)OC1C. The number of alkyl carbamates (subject to hydrolysis) is 1. The number of halogens is 1. The van der Waals surface area contributed by atoms with Crippen LogP contribution in [0.3, 0.4) is 0 Å². The van der Waals surface area contributed by atoms with Gasteiger partial charge in [0, 0.05) is 5.02 Å². The van der Waals surface area contributed by atoms with Crippen molar-refractivity contribution in [3.63, 3.8) is 0 Å². The third-order valence-corrected chi connectivity index (χ3v) is 5.96. The lowest BCUT2D eigenvalue weighted by Crippen LogP contribution is -2.45. The fourth-order valence-electron chi connectivity index (χ4n) is 4.34. The van der Waals surface area contributed by atoms with Crippen molar-refractivity contribution in [2.75, 3.05) is 0 Å². The molecule has 0 spiro atoms. The van der Waals surface area contributed by atoms with Gasteiger partial charge in [-0.2, -0.15) is 0 Å². The van der Waals surface area contributed by atoms with Crippen molar-refractivity contribution in [2.45, 2.75) is 91.4 Å². The van der Waals surface area contributed by atoms with Gasteiger partial charge >= 0.3 is 12.1 Å². The van der Waals surface area contributed by atoms with Gasteiger partial charge in [0.05, 0.1) is 0 Å². The third kappa shape index (κ3) is 8.72. The van der Waals surface area contributed by atoms with Crippen LogP contribution in [0.4, 0.5) is 4.79 Å². The molecule has 1 aromatic carbocycles. The summed E-state index contributed by atoms with van der Waals surface area (Å²) >= 11 is 6.06. The Morgan fingerprint density at radius 1 is 1.23 bits per heavy atom. The normalized spacial score (nSPS) is 25.2. The Morgan fingerprint density at radius 2 is 1.87 bits per heavy atom. The number of carbonyl (C=O) groups excluding carboxylic acids is 2. The van der Waals surface area contributed by atoms with E-state index in [-0.39, 0.29) is 18.0 Å². The number of amides is 1. The van der Waals surface area contributed by atoms with Crippen LogP contribution >= 0.6 is 11.6 Å². The summed E-state index contributed by atoms with van der Waals surface area (Å²) < 4.78 is 11.2. The highest BCUT2D eigenvalue weighted by Gasteiger charge is 2.35. The van der Waals surface area contributed by atoms with Crippen LogP contribution in [-0.2, 0) is 20.7 Å². The second kappa shape index (κ2) is 11.2. The van der Waals surface area contributed by atoms with Crippen molar-refractivity contribution in [1.29, 1.82) is 0 Å². The molecule has 4 unspecified atom stereocenters. The van der Waals surface area contributed by atoms with Gasteiger partial charge in [-0.25, -0.2) is 9.59 Å². The zero-order valence-electron chi connectivity index (χ0n) is 19.7. The third-order valence-electron chi connectivity index (χ3n) is 5.71. The highest BCUT2D eigenvalue weighted by atomic mass is 35.5. The maximum atomic E-state index is 12.9. The van der Waals surface area contributed by atoms with Gasteiger partial charge in [-0.15, -0.1) is 0 Å². The van der Waals surface area contributed by atoms with Gasteiger partial charge in [0.15, 0.2) is 0 Å². The smallest absolute Gasteiger partial charge is 0.408 e. The number of hydrogen-bond donors (Lipinski definition) is 1. The minimum absolute atomic E-state index is 0.228. The molecule has 1 amide bonds. The largest absolute Gasteiger partial charge is 0.461 e. The molecule has 1 saturated heterocycles. The molecule has 0 radical (unpaired) electrons. The summed E-state index contributed by atoms with van der Waals surface area (Å²) in [5.41, 5.74) is 0.621. The number of carbonyl (C=O) groups is 2. The molecule has 0 aliphatic carbocycles. The summed E-state index contributed by atoms with van der Waals surface area (Å²) in [6.07, 6.45) is 3.42. The Kier molecular flexibility index (Phi) is 9.23. The van der Waals surface area contributed by atoms with E-state index in [2.05, 4.69) is 31.3 Å². The predicted octanol–water partition coefficient (Wildman–Crippen LogP) is 6.17. The summed E-state index contributed by atoms with van der Waals surface area (Å²) in [4.78, 5) is 25.1. The molecule has 0 bridgehead atoms. The Labute approximate surface area is 192 Å². The first-order valence-electron chi connectivity index (χ1n) is 11.4. The fraction of sp³-hybridized carbons (Fsp3) is 0.680. The minimum Gasteiger partial charge on any atom is -0.461 e. The molecule has 6 heteroatoms. The van der Waals surface area contributed by atoms with E-state index in [1.165, 1.54) is 5.56 Å². The summed E-state index contributed by atoms with van der Waals surface area (Å²) in [5, 5.41) is 3.45. The maximum absolute atomic E-state index is 12.9. The molecule has 2 rings (SSSR count). The second-order valence-electron chi connectivity index (χ2n) is 10.2. The molecule has 1 aromatic rings. The van der Waals surface area contributed by atoms with Gasteiger partial charge in [-0.3, -0.25) is 0 Å². The monoisotopic (exact) mass is 451 g/mol. The van der Waals surface area contributed by atoms with Gasteiger partial charge < -0.3 is 14.8 Å². The molecule has 1 aliphatic rings. The minimum atomic E-state index is -0.689. The zero-order valence-corrected chi connectivity index (χ0v) is 20.5.